The quantitative estimate of drug-likeness (QED) is 0.758. The van der Waals surface area contributed by atoms with Gasteiger partial charge in [0.1, 0.15) is 6.33 Å². The van der Waals surface area contributed by atoms with Crippen molar-refractivity contribution in [3.8, 4) is 0 Å². The Morgan fingerprint density at radius 1 is 0.938 bits per heavy atom. The number of nitrogens with zero attached hydrogens (tertiary/aromatic N) is 2. The van der Waals surface area contributed by atoms with Gasteiger partial charge in [-0.15, -0.1) is 0 Å². The van der Waals surface area contributed by atoms with Gasteiger partial charge < -0.3 is 0 Å². The molecule has 0 saturated carbocycles. The van der Waals surface area contributed by atoms with Crippen molar-refractivity contribution in [2.75, 3.05) is 0 Å². The van der Waals surface area contributed by atoms with E-state index >= 15 is 0 Å². The van der Waals surface area contributed by atoms with Crippen LogP contribution in [-0.4, -0.2) is 9.97 Å². The Balaban J connectivity index is 2.68. The minimum atomic E-state index is 0.438. The van der Waals surface area contributed by atoms with Gasteiger partial charge in [-0.3, -0.25) is 0 Å². The lowest BCUT2D eigenvalue weighted by Gasteiger charge is -2.11. The van der Waals surface area contributed by atoms with Crippen molar-refractivity contribution in [1.29, 1.82) is 0 Å². The van der Waals surface area contributed by atoms with Crippen LogP contribution in [0.2, 0.25) is 0 Å². The second-order valence-electron chi connectivity index (χ2n) is 4.84. The predicted molar refractivity (Wildman–Crippen MR) is 67.7 cm³/mol. The van der Waals surface area contributed by atoms with Crippen LogP contribution in [0, 0.1) is 0 Å². The van der Waals surface area contributed by atoms with Crippen LogP contribution < -0.4 is 0 Å². The lowest BCUT2D eigenvalue weighted by Crippen LogP contribution is -1.97. The lowest BCUT2D eigenvalue weighted by atomic mass is 9.98. The maximum absolute atomic E-state index is 4.40. The Kier molecular flexibility index (Phi) is 2.90. The molecule has 0 N–H and O–H groups in total. The smallest absolute Gasteiger partial charge is 0.116 e. The molecular weight excluding hydrogens is 196 g/mol. The molecule has 2 rings (SSSR count). The van der Waals surface area contributed by atoms with Crippen molar-refractivity contribution in [3.05, 3.63) is 35.8 Å². The van der Waals surface area contributed by atoms with E-state index in [9.17, 15) is 0 Å². The number of hydrogen-bond donors (Lipinski definition) is 0. The summed E-state index contributed by atoms with van der Waals surface area (Å²) in [5.41, 5.74) is 3.54. The molecule has 0 bridgehead atoms. The highest BCUT2D eigenvalue weighted by Gasteiger charge is 2.09. The van der Waals surface area contributed by atoms with Gasteiger partial charge in [0.05, 0.1) is 11.2 Å². The number of aromatic nitrogens is 2. The first kappa shape index (κ1) is 11.1. The van der Waals surface area contributed by atoms with E-state index in [1.54, 1.807) is 6.33 Å². The highest BCUT2D eigenvalue weighted by atomic mass is 14.8. The summed E-state index contributed by atoms with van der Waals surface area (Å²) < 4.78 is 0. The van der Waals surface area contributed by atoms with Gasteiger partial charge in [-0.25, -0.2) is 9.97 Å². The molecule has 2 nitrogen and oxygen atoms in total. The molecule has 16 heavy (non-hydrogen) atoms. The third kappa shape index (κ3) is 1.92. The molecule has 0 radical (unpaired) electrons. The summed E-state index contributed by atoms with van der Waals surface area (Å²) in [6, 6.07) is 6.48. The molecule has 1 aromatic heterocycles. The van der Waals surface area contributed by atoms with Gasteiger partial charge in [-0.1, -0.05) is 33.8 Å². The van der Waals surface area contributed by atoms with E-state index in [0.29, 0.717) is 11.8 Å². The number of hydrogen-bond acceptors (Lipinski definition) is 2. The zero-order valence-electron chi connectivity index (χ0n) is 10.4. The third-order valence-corrected chi connectivity index (χ3v) is 2.90. The zero-order chi connectivity index (χ0) is 11.7. The van der Waals surface area contributed by atoms with Gasteiger partial charge in [0.25, 0.3) is 0 Å². The SMILES string of the molecule is CC(C)c1ccc2ncnc(C(C)C)c2c1. The van der Waals surface area contributed by atoms with E-state index in [1.807, 2.05) is 0 Å². The number of fused-ring (bicyclic) bond motifs is 1. The molecule has 1 heterocycles. The van der Waals surface area contributed by atoms with Crippen LogP contribution in [0.3, 0.4) is 0 Å². The summed E-state index contributed by atoms with van der Waals surface area (Å²) in [6.07, 6.45) is 1.66. The molecule has 0 spiro atoms. The van der Waals surface area contributed by atoms with Crippen molar-refractivity contribution in [2.45, 2.75) is 39.5 Å². The van der Waals surface area contributed by atoms with Crippen LogP contribution in [0.15, 0.2) is 24.5 Å². The van der Waals surface area contributed by atoms with Crippen LogP contribution in [0.5, 0.6) is 0 Å². The normalized spacial score (nSPS) is 11.6. The Labute approximate surface area is 96.7 Å². The molecule has 0 saturated heterocycles. The maximum Gasteiger partial charge on any atom is 0.116 e. The van der Waals surface area contributed by atoms with Gasteiger partial charge in [0.15, 0.2) is 0 Å². The summed E-state index contributed by atoms with van der Waals surface area (Å²) >= 11 is 0. The Morgan fingerprint density at radius 3 is 2.31 bits per heavy atom. The number of rotatable bonds is 2. The molecule has 84 valence electrons. The summed E-state index contributed by atoms with van der Waals surface area (Å²) in [7, 11) is 0. The van der Waals surface area contributed by atoms with E-state index in [4.69, 9.17) is 0 Å². The van der Waals surface area contributed by atoms with Crippen LogP contribution >= 0.6 is 0 Å². The fraction of sp³-hybridized carbons (Fsp3) is 0.429. The number of benzene rings is 1. The summed E-state index contributed by atoms with van der Waals surface area (Å²) in [6.45, 7) is 8.76. The van der Waals surface area contributed by atoms with Crippen molar-refractivity contribution >= 4 is 10.9 Å². The van der Waals surface area contributed by atoms with Crippen LogP contribution in [0.1, 0.15) is 50.8 Å². The van der Waals surface area contributed by atoms with Crippen molar-refractivity contribution < 1.29 is 0 Å². The second kappa shape index (κ2) is 4.20. The Hall–Kier alpha value is -1.44. The maximum atomic E-state index is 4.40. The van der Waals surface area contributed by atoms with E-state index in [0.717, 1.165) is 11.2 Å². The molecule has 2 heteroatoms. The topological polar surface area (TPSA) is 25.8 Å². The van der Waals surface area contributed by atoms with Gasteiger partial charge in [0, 0.05) is 5.39 Å². The van der Waals surface area contributed by atoms with Crippen LogP contribution in [0.4, 0.5) is 0 Å². The summed E-state index contributed by atoms with van der Waals surface area (Å²) in [5, 5.41) is 1.20. The summed E-state index contributed by atoms with van der Waals surface area (Å²) in [5.74, 6) is 0.984. The van der Waals surface area contributed by atoms with E-state index in [2.05, 4.69) is 55.9 Å². The minimum absolute atomic E-state index is 0.438. The molecule has 0 atom stereocenters. The summed E-state index contributed by atoms with van der Waals surface area (Å²) in [4.78, 5) is 8.71. The average Bonchev–Trinajstić information content (AvgIpc) is 2.27. The zero-order valence-corrected chi connectivity index (χ0v) is 10.4. The monoisotopic (exact) mass is 214 g/mol. The average molecular weight is 214 g/mol. The molecule has 0 aliphatic rings. The minimum Gasteiger partial charge on any atom is -0.240 e. The molecule has 0 aliphatic heterocycles. The molecule has 0 unspecified atom stereocenters. The highest BCUT2D eigenvalue weighted by Crippen LogP contribution is 2.25. The Bertz CT molecular complexity index is 501. The first-order valence-corrected chi connectivity index (χ1v) is 5.84. The predicted octanol–water partition coefficient (Wildman–Crippen LogP) is 3.88. The van der Waals surface area contributed by atoms with E-state index in [-0.39, 0.29) is 0 Å². The van der Waals surface area contributed by atoms with E-state index < -0.39 is 0 Å². The molecule has 1 aromatic carbocycles. The van der Waals surface area contributed by atoms with Crippen molar-refractivity contribution in [1.82, 2.24) is 9.97 Å². The lowest BCUT2D eigenvalue weighted by molar-refractivity contribution is 0.826. The largest absolute Gasteiger partial charge is 0.240 e. The van der Waals surface area contributed by atoms with Gasteiger partial charge in [0.2, 0.25) is 0 Å². The first-order valence-electron chi connectivity index (χ1n) is 5.84. The van der Waals surface area contributed by atoms with E-state index in [1.165, 1.54) is 10.9 Å². The van der Waals surface area contributed by atoms with Crippen LogP contribution in [-0.2, 0) is 0 Å². The molecule has 0 aliphatic carbocycles. The molecular formula is C14H18N2. The van der Waals surface area contributed by atoms with Crippen LogP contribution in [0.25, 0.3) is 10.9 Å². The Morgan fingerprint density at radius 2 is 1.69 bits per heavy atom. The first-order chi connectivity index (χ1) is 7.59. The fourth-order valence-electron chi connectivity index (χ4n) is 1.91. The highest BCUT2D eigenvalue weighted by molar-refractivity contribution is 5.81. The van der Waals surface area contributed by atoms with Crippen molar-refractivity contribution in [3.63, 3.8) is 0 Å². The van der Waals surface area contributed by atoms with Gasteiger partial charge in [-0.2, -0.15) is 0 Å². The van der Waals surface area contributed by atoms with Gasteiger partial charge in [-0.05, 0) is 29.5 Å². The van der Waals surface area contributed by atoms with Gasteiger partial charge >= 0.3 is 0 Å². The standard InChI is InChI=1S/C14H18N2/c1-9(2)11-5-6-13-12(7-11)14(10(3)4)16-8-15-13/h5-10H,1-4H3. The molecule has 2 aromatic rings. The van der Waals surface area contributed by atoms with Crippen molar-refractivity contribution in [2.24, 2.45) is 0 Å². The molecule has 0 fully saturated rings. The molecule has 0 amide bonds. The third-order valence-electron chi connectivity index (χ3n) is 2.90. The fourth-order valence-corrected chi connectivity index (χ4v) is 1.91. The second-order valence-corrected chi connectivity index (χ2v) is 4.84.